The number of aromatic amines is 1. The number of rotatable bonds is 4. The number of thioether (sulfide) groups is 1. The van der Waals surface area contributed by atoms with Gasteiger partial charge in [-0.25, -0.2) is 4.79 Å². The summed E-state index contributed by atoms with van der Waals surface area (Å²) >= 11 is 0.988. The molecular weight excluding hydrogens is 378 g/mol. The number of ether oxygens (including phenoxy) is 2. The Morgan fingerprint density at radius 1 is 1.30 bits per heavy atom. The second-order valence-corrected chi connectivity index (χ2v) is 7.34. The van der Waals surface area contributed by atoms with Gasteiger partial charge in [-0.1, -0.05) is 12.1 Å². The van der Waals surface area contributed by atoms with Gasteiger partial charge in [0.15, 0.2) is 6.23 Å². The fourth-order valence-corrected chi connectivity index (χ4v) is 4.08. The first-order chi connectivity index (χ1) is 12.9. The molecule has 1 aromatic heterocycles. The molecule has 1 fully saturated rings. The summed E-state index contributed by atoms with van der Waals surface area (Å²) in [5.41, 5.74) is -0.711. The van der Waals surface area contributed by atoms with E-state index in [9.17, 15) is 24.9 Å². The Morgan fingerprint density at radius 3 is 2.78 bits per heavy atom. The lowest BCUT2D eigenvalue weighted by atomic mass is 10.1. The quantitative estimate of drug-likeness (QED) is 0.411. The Morgan fingerprint density at radius 2 is 2.07 bits per heavy atom. The van der Waals surface area contributed by atoms with E-state index in [1.165, 1.54) is 6.20 Å². The van der Waals surface area contributed by atoms with E-state index in [4.69, 9.17) is 9.47 Å². The Balaban J connectivity index is 1.64. The van der Waals surface area contributed by atoms with Crippen LogP contribution in [0, 0.1) is 0 Å². The van der Waals surface area contributed by atoms with Gasteiger partial charge in [-0.15, -0.1) is 0 Å². The summed E-state index contributed by atoms with van der Waals surface area (Å²) in [7, 11) is 0. The summed E-state index contributed by atoms with van der Waals surface area (Å²) in [6.45, 7) is -0.519. The molecule has 2 aliphatic rings. The van der Waals surface area contributed by atoms with Crippen LogP contribution in [0.25, 0.3) is 0 Å². The van der Waals surface area contributed by atoms with Crippen LogP contribution >= 0.6 is 11.8 Å². The monoisotopic (exact) mass is 395 g/mol. The number of aromatic nitrogens is 2. The lowest BCUT2D eigenvalue weighted by Crippen LogP contribution is -2.46. The van der Waals surface area contributed by atoms with Crippen molar-refractivity contribution in [2.75, 3.05) is 11.9 Å². The minimum absolute atomic E-state index is 0.519. The molecular formula is C16H17N3O7S. The largest absolute Gasteiger partial charge is 0.394 e. The maximum atomic E-state index is 12.1. The highest BCUT2D eigenvalue weighted by Crippen LogP contribution is 2.46. The number of aliphatic hydroxyl groups is 3. The van der Waals surface area contributed by atoms with E-state index in [0.717, 1.165) is 27.3 Å². The van der Waals surface area contributed by atoms with Crippen LogP contribution in [0.1, 0.15) is 6.23 Å². The van der Waals surface area contributed by atoms with Crippen molar-refractivity contribution in [3.8, 4) is 0 Å². The molecule has 0 bridgehead atoms. The van der Waals surface area contributed by atoms with Crippen LogP contribution in [0.3, 0.4) is 0 Å². The molecule has 27 heavy (non-hydrogen) atoms. The number of fused-ring (bicyclic) bond motifs is 1. The normalized spacial score (nSPS) is 32.3. The highest BCUT2D eigenvalue weighted by atomic mass is 32.2. The summed E-state index contributed by atoms with van der Waals surface area (Å²) in [5.74, 6) is 0. The zero-order chi connectivity index (χ0) is 19.2. The molecule has 144 valence electrons. The third kappa shape index (κ3) is 3.29. The van der Waals surface area contributed by atoms with E-state index >= 15 is 0 Å². The molecule has 0 radical (unpaired) electrons. The highest BCUT2D eigenvalue weighted by Gasteiger charge is 2.51. The van der Waals surface area contributed by atoms with Gasteiger partial charge in [-0.2, -0.15) is 0 Å². The van der Waals surface area contributed by atoms with Gasteiger partial charge in [0.2, 0.25) is 0 Å². The van der Waals surface area contributed by atoms with Crippen LogP contribution in [0.5, 0.6) is 0 Å². The van der Waals surface area contributed by atoms with Crippen molar-refractivity contribution in [1.82, 2.24) is 9.55 Å². The molecule has 0 spiro atoms. The number of H-pyrrole nitrogens is 1. The number of aliphatic hydroxyl groups excluding tert-OH is 2. The molecule has 5 atom stereocenters. The maximum absolute atomic E-state index is 12.1. The van der Waals surface area contributed by atoms with Crippen LogP contribution in [0.4, 0.5) is 5.69 Å². The van der Waals surface area contributed by atoms with Crippen LogP contribution in [0.2, 0.25) is 0 Å². The second kappa shape index (κ2) is 6.78. The summed E-state index contributed by atoms with van der Waals surface area (Å²) in [5, 5.41) is 31.6. The van der Waals surface area contributed by atoms with Crippen LogP contribution in [-0.2, 0) is 9.47 Å². The topological polar surface area (TPSA) is 146 Å². The maximum Gasteiger partial charge on any atom is 0.330 e. The average Bonchev–Trinajstić information content (AvgIpc) is 3.12. The summed E-state index contributed by atoms with van der Waals surface area (Å²) in [6.07, 6.45) is -3.53. The zero-order valence-corrected chi connectivity index (χ0v) is 14.6. The highest BCUT2D eigenvalue weighted by molar-refractivity contribution is 8.01. The van der Waals surface area contributed by atoms with Crippen LogP contribution in [0.15, 0.2) is 51.0 Å². The van der Waals surface area contributed by atoms with Crippen molar-refractivity contribution in [3.63, 3.8) is 0 Å². The predicted molar refractivity (Wildman–Crippen MR) is 94.1 cm³/mol. The first kappa shape index (κ1) is 18.2. The van der Waals surface area contributed by atoms with Crippen molar-refractivity contribution in [2.45, 2.75) is 34.7 Å². The summed E-state index contributed by atoms with van der Waals surface area (Å²) < 4.78 is 12.3. The minimum Gasteiger partial charge on any atom is -0.394 e. The van der Waals surface area contributed by atoms with Gasteiger partial charge in [-0.3, -0.25) is 14.3 Å². The number of nitrogens with one attached hydrogen (secondary N) is 2. The summed E-state index contributed by atoms with van der Waals surface area (Å²) in [6, 6.07) is 8.25. The van der Waals surface area contributed by atoms with E-state index < -0.39 is 47.6 Å². The number of nitrogens with zero attached hydrogens (tertiary/aromatic N) is 1. The van der Waals surface area contributed by atoms with Gasteiger partial charge < -0.3 is 30.1 Å². The standard InChI is InChI=1S/C16H17N3O7S/c20-7-9-12(22)13(14(25-9)19-6-5-11(21)17-15(19)23)26-16(24)18-8-3-1-2-4-10(8)27-16/h1-6,9,12-14,18,20,22,24H,7H2,(H,17,21,23)/t9-,12-,13-,14-,16?/m1/s1. The molecule has 1 saturated heterocycles. The van der Waals surface area contributed by atoms with Gasteiger partial charge in [0.05, 0.1) is 12.3 Å². The average molecular weight is 395 g/mol. The lowest BCUT2D eigenvalue weighted by molar-refractivity contribution is -0.184. The van der Waals surface area contributed by atoms with Crippen LogP contribution < -0.4 is 16.6 Å². The molecule has 2 aromatic rings. The fourth-order valence-electron chi connectivity index (χ4n) is 3.09. The number of para-hydroxylation sites is 1. The first-order valence-corrected chi connectivity index (χ1v) is 8.94. The molecule has 10 nitrogen and oxygen atoms in total. The minimum atomic E-state index is -1.91. The molecule has 11 heteroatoms. The molecule has 1 aromatic carbocycles. The first-order valence-electron chi connectivity index (χ1n) is 8.12. The molecule has 5 N–H and O–H groups in total. The van der Waals surface area contributed by atoms with Crippen molar-refractivity contribution < 1.29 is 24.8 Å². The molecule has 0 saturated carbocycles. The van der Waals surface area contributed by atoms with Gasteiger partial charge in [0, 0.05) is 17.2 Å². The zero-order valence-electron chi connectivity index (χ0n) is 13.8. The van der Waals surface area contributed by atoms with E-state index in [2.05, 4.69) is 10.3 Å². The van der Waals surface area contributed by atoms with Crippen molar-refractivity contribution in [2.24, 2.45) is 0 Å². The Kier molecular flexibility index (Phi) is 4.58. The van der Waals surface area contributed by atoms with Crippen molar-refractivity contribution in [1.29, 1.82) is 0 Å². The van der Waals surface area contributed by atoms with Gasteiger partial charge >= 0.3 is 10.9 Å². The lowest BCUT2D eigenvalue weighted by Gasteiger charge is -2.30. The van der Waals surface area contributed by atoms with E-state index in [-0.39, 0.29) is 0 Å². The number of hydrogen-bond donors (Lipinski definition) is 5. The van der Waals surface area contributed by atoms with Gasteiger partial charge in [-0.05, 0) is 23.9 Å². The molecule has 3 heterocycles. The third-order valence-electron chi connectivity index (χ3n) is 4.34. The van der Waals surface area contributed by atoms with E-state index in [0.29, 0.717) is 5.69 Å². The number of benzene rings is 1. The number of anilines is 1. The smallest absolute Gasteiger partial charge is 0.330 e. The molecule has 1 unspecified atom stereocenters. The second-order valence-electron chi connectivity index (χ2n) is 6.14. The third-order valence-corrected chi connectivity index (χ3v) is 5.39. The van der Waals surface area contributed by atoms with Crippen molar-refractivity contribution >= 4 is 17.4 Å². The van der Waals surface area contributed by atoms with Gasteiger partial charge in [0.25, 0.3) is 5.56 Å². The SMILES string of the molecule is O=c1ccn([C@@H]2O[C@H](CO)[C@@H](O)[C@H]2OC2(O)Nc3ccccc3S2)c(=O)[nH]1. The van der Waals surface area contributed by atoms with Crippen molar-refractivity contribution in [3.05, 3.63) is 57.4 Å². The molecule has 4 rings (SSSR count). The van der Waals surface area contributed by atoms with E-state index in [1.54, 1.807) is 24.3 Å². The molecule has 0 aliphatic carbocycles. The fraction of sp³-hybridized carbons (Fsp3) is 0.375. The number of hydrogen-bond acceptors (Lipinski definition) is 9. The Bertz CT molecular complexity index is 936. The molecule has 0 amide bonds. The summed E-state index contributed by atoms with van der Waals surface area (Å²) in [4.78, 5) is 26.2. The Labute approximate surface area is 156 Å². The van der Waals surface area contributed by atoms with E-state index in [1.807, 2.05) is 0 Å². The van der Waals surface area contributed by atoms with Crippen LogP contribution in [-0.4, -0.2) is 55.0 Å². The molecule has 2 aliphatic heterocycles. The van der Waals surface area contributed by atoms with Gasteiger partial charge in [0.1, 0.15) is 18.3 Å². The Hall–Kier alpha value is -2.15. The predicted octanol–water partition coefficient (Wildman–Crippen LogP) is -1.01.